The first kappa shape index (κ1) is 9.18. The Morgan fingerprint density at radius 3 is 2.23 bits per heavy atom. The van der Waals surface area contributed by atoms with Crippen LogP contribution in [-0.4, -0.2) is 34.3 Å². The summed E-state index contributed by atoms with van der Waals surface area (Å²) in [4.78, 5) is 33.0. The molecule has 1 heterocycles. The van der Waals surface area contributed by atoms with Gasteiger partial charge in [-0.25, -0.2) is 4.79 Å². The van der Waals surface area contributed by atoms with E-state index >= 15 is 0 Å². The molecule has 0 aromatic carbocycles. The monoisotopic (exact) mass is 181 g/mol. The molecule has 1 aliphatic heterocycles. The highest BCUT2D eigenvalue weighted by Gasteiger charge is 2.24. The van der Waals surface area contributed by atoms with Crippen LogP contribution in [0, 0.1) is 0 Å². The fraction of sp³-hybridized carbons (Fsp3) is 0.125. The van der Waals surface area contributed by atoms with E-state index in [9.17, 15) is 14.4 Å². The van der Waals surface area contributed by atoms with Crippen molar-refractivity contribution in [1.82, 2.24) is 4.90 Å². The Labute approximate surface area is 73.9 Å². The molecule has 1 rings (SSSR count). The molecule has 0 saturated heterocycles. The molecule has 1 N–H and O–H groups in total. The molecule has 0 bridgehead atoms. The highest BCUT2D eigenvalue weighted by atomic mass is 16.4. The van der Waals surface area contributed by atoms with Crippen molar-refractivity contribution in [3.8, 4) is 0 Å². The van der Waals surface area contributed by atoms with E-state index in [2.05, 4.69) is 6.58 Å². The van der Waals surface area contributed by atoms with Crippen molar-refractivity contribution in [2.45, 2.75) is 0 Å². The number of carbonyl (C=O) groups is 3. The Morgan fingerprint density at radius 2 is 1.85 bits per heavy atom. The number of carboxylic acids is 1. The van der Waals surface area contributed by atoms with Gasteiger partial charge in [0.2, 0.25) is 0 Å². The smallest absolute Gasteiger partial charge is 0.332 e. The Morgan fingerprint density at radius 1 is 1.38 bits per heavy atom. The van der Waals surface area contributed by atoms with Crippen molar-refractivity contribution in [1.29, 1.82) is 0 Å². The highest BCUT2D eigenvalue weighted by molar-refractivity contribution is 6.13. The van der Waals surface area contributed by atoms with Gasteiger partial charge in [-0.05, 0) is 0 Å². The Bertz CT molecular complexity index is 311. The van der Waals surface area contributed by atoms with E-state index in [1.165, 1.54) is 0 Å². The average molecular weight is 181 g/mol. The minimum Gasteiger partial charge on any atom is -0.478 e. The average Bonchev–Trinajstić information content (AvgIpc) is 2.35. The van der Waals surface area contributed by atoms with Gasteiger partial charge in [-0.2, -0.15) is 0 Å². The number of hydrogen-bond acceptors (Lipinski definition) is 3. The third kappa shape index (κ3) is 1.81. The SMILES string of the molecule is C=C(CN1C(=O)C=CC1=O)C(=O)O. The second kappa shape index (κ2) is 3.22. The van der Waals surface area contributed by atoms with E-state index in [0.717, 1.165) is 17.1 Å². The van der Waals surface area contributed by atoms with Gasteiger partial charge in [0.05, 0.1) is 6.54 Å². The second-order valence-corrected chi connectivity index (χ2v) is 2.50. The van der Waals surface area contributed by atoms with Gasteiger partial charge in [-0.15, -0.1) is 0 Å². The quantitative estimate of drug-likeness (QED) is 0.472. The minimum absolute atomic E-state index is 0.189. The summed E-state index contributed by atoms with van der Waals surface area (Å²) in [7, 11) is 0. The predicted molar refractivity (Wildman–Crippen MR) is 42.6 cm³/mol. The van der Waals surface area contributed by atoms with Gasteiger partial charge in [0, 0.05) is 17.7 Å². The number of rotatable bonds is 3. The fourth-order valence-electron chi connectivity index (χ4n) is 0.845. The van der Waals surface area contributed by atoms with Gasteiger partial charge in [0.25, 0.3) is 11.8 Å². The molecule has 0 aromatic heterocycles. The van der Waals surface area contributed by atoms with Crippen LogP contribution >= 0.6 is 0 Å². The molecule has 5 nitrogen and oxygen atoms in total. The van der Waals surface area contributed by atoms with Crippen LogP contribution in [0.3, 0.4) is 0 Å². The largest absolute Gasteiger partial charge is 0.478 e. The molecular formula is C8H7NO4. The lowest BCUT2D eigenvalue weighted by molar-refractivity contribution is -0.137. The Balaban J connectivity index is 2.66. The molecule has 0 aromatic rings. The normalized spacial score (nSPS) is 15.2. The van der Waals surface area contributed by atoms with Crippen LogP contribution < -0.4 is 0 Å². The van der Waals surface area contributed by atoms with Crippen LogP contribution in [0.4, 0.5) is 0 Å². The van der Waals surface area contributed by atoms with E-state index in [4.69, 9.17) is 5.11 Å². The van der Waals surface area contributed by atoms with Crippen molar-refractivity contribution >= 4 is 17.8 Å². The third-order valence-electron chi connectivity index (χ3n) is 1.55. The molecule has 0 fully saturated rings. The third-order valence-corrected chi connectivity index (χ3v) is 1.55. The van der Waals surface area contributed by atoms with Gasteiger partial charge in [-0.3, -0.25) is 14.5 Å². The first-order valence-electron chi connectivity index (χ1n) is 3.47. The first-order chi connectivity index (χ1) is 6.02. The summed E-state index contributed by atoms with van der Waals surface area (Å²) < 4.78 is 0. The lowest BCUT2D eigenvalue weighted by atomic mass is 10.3. The van der Waals surface area contributed by atoms with Gasteiger partial charge in [0.1, 0.15) is 0 Å². The molecule has 0 unspecified atom stereocenters. The maximum absolute atomic E-state index is 10.9. The Kier molecular flexibility index (Phi) is 2.27. The van der Waals surface area contributed by atoms with E-state index in [0.29, 0.717) is 0 Å². The summed E-state index contributed by atoms with van der Waals surface area (Å²) in [6.45, 7) is 2.95. The summed E-state index contributed by atoms with van der Waals surface area (Å²) in [6.07, 6.45) is 2.19. The number of carboxylic acid groups (broad SMARTS) is 1. The maximum Gasteiger partial charge on any atom is 0.332 e. The van der Waals surface area contributed by atoms with Crippen molar-refractivity contribution in [3.63, 3.8) is 0 Å². The van der Waals surface area contributed by atoms with Crippen molar-refractivity contribution < 1.29 is 19.5 Å². The molecule has 5 heteroatoms. The number of nitrogens with zero attached hydrogens (tertiary/aromatic N) is 1. The maximum atomic E-state index is 10.9. The molecule has 0 spiro atoms. The molecule has 13 heavy (non-hydrogen) atoms. The second-order valence-electron chi connectivity index (χ2n) is 2.50. The van der Waals surface area contributed by atoms with E-state index in [1.807, 2.05) is 0 Å². The molecule has 0 aliphatic carbocycles. The van der Waals surface area contributed by atoms with Crippen LogP contribution in [0.25, 0.3) is 0 Å². The van der Waals surface area contributed by atoms with Gasteiger partial charge >= 0.3 is 5.97 Å². The summed E-state index contributed by atoms with van der Waals surface area (Å²) >= 11 is 0. The number of hydrogen-bond donors (Lipinski definition) is 1. The highest BCUT2D eigenvalue weighted by Crippen LogP contribution is 2.06. The van der Waals surface area contributed by atoms with Gasteiger partial charge in [-0.1, -0.05) is 6.58 Å². The lowest BCUT2D eigenvalue weighted by Crippen LogP contribution is -2.33. The molecule has 0 saturated carbocycles. The predicted octanol–water partition coefficient (Wildman–Crippen LogP) is -0.448. The number of carbonyl (C=O) groups excluding carboxylic acids is 2. The van der Waals surface area contributed by atoms with Crippen LogP contribution in [0.15, 0.2) is 24.3 Å². The van der Waals surface area contributed by atoms with Crippen LogP contribution in [0.1, 0.15) is 0 Å². The van der Waals surface area contributed by atoms with Crippen LogP contribution in [0.2, 0.25) is 0 Å². The molecule has 0 radical (unpaired) electrons. The van der Waals surface area contributed by atoms with Crippen molar-refractivity contribution in [3.05, 3.63) is 24.3 Å². The Hall–Kier alpha value is -1.91. The van der Waals surface area contributed by atoms with Gasteiger partial charge < -0.3 is 5.11 Å². The summed E-state index contributed by atoms with van der Waals surface area (Å²) in [5.74, 6) is -2.23. The number of imide groups is 1. The molecule has 68 valence electrons. The van der Waals surface area contributed by atoms with Crippen molar-refractivity contribution in [2.24, 2.45) is 0 Å². The number of amides is 2. The van der Waals surface area contributed by atoms with E-state index in [1.54, 1.807) is 0 Å². The zero-order valence-electron chi connectivity index (χ0n) is 6.69. The van der Waals surface area contributed by atoms with Crippen molar-refractivity contribution in [2.75, 3.05) is 6.54 Å². The zero-order chi connectivity index (χ0) is 10.0. The van der Waals surface area contributed by atoms with E-state index in [-0.39, 0.29) is 12.1 Å². The van der Waals surface area contributed by atoms with Crippen LogP contribution in [0.5, 0.6) is 0 Å². The fourth-order valence-corrected chi connectivity index (χ4v) is 0.845. The van der Waals surface area contributed by atoms with E-state index < -0.39 is 17.8 Å². The minimum atomic E-state index is -1.22. The van der Waals surface area contributed by atoms with Crippen LogP contribution in [-0.2, 0) is 14.4 Å². The molecular weight excluding hydrogens is 174 g/mol. The van der Waals surface area contributed by atoms with Gasteiger partial charge in [0.15, 0.2) is 0 Å². The number of aliphatic carboxylic acids is 1. The topological polar surface area (TPSA) is 74.7 Å². The summed E-state index contributed by atoms with van der Waals surface area (Å²) in [5, 5.41) is 8.45. The molecule has 0 atom stereocenters. The summed E-state index contributed by atoms with van der Waals surface area (Å²) in [5.41, 5.74) is -0.189. The molecule has 2 amide bonds. The standard InChI is InChI=1S/C8H7NO4/c1-5(8(12)13)4-9-6(10)2-3-7(9)11/h2-3H,1,4H2,(H,12,13). The zero-order valence-corrected chi connectivity index (χ0v) is 6.69. The molecule has 1 aliphatic rings. The lowest BCUT2D eigenvalue weighted by Gasteiger charge is -2.12. The summed E-state index contributed by atoms with van der Waals surface area (Å²) in [6, 6.07) is 0. The first-order valence-corrected chi connectivity index (χ1v) is 3.47.